The normalized spacial score (nSPS) is 11.2. The van der Waals surface area contributed by atoms with Crippen molar-refractivity contribution in [3.63, 3.8) is 0 Å². The van der Waals surface area contributed by atoms with Crippen LogP contribution in [0, 0.1) is 11.3 Å². The molecule has 0 aromatic carbocycles. The van der Waals surface area contributed by atoms with Crippen LogP contribution in [0.4, 0.5) is 24.0 Å². The third-order valence-electron chi connectivity index (χ3n) is 1.89. The molecule has 8 heteroatoms. The zero-order valence-electron chi connectivity index (χ0n) is 8.38. The summed E-state index contributed by atoms with van der Waals surface area (Å²) in [4.78, 5) is 1.33. The van der Waals surface area contributed by atoms with Crippen LogP contribution in [-0.2, 0) is 0 Å². The largest absolute Gasteiger partial charge is 0.390 e. The van der Waals surface area contributed by atoms with Gasteiger partial charge in [-0.2, -0.15) is 22.8 Å². The van der Waals surface area contributed by atoms with Crippen molar-refractivity contribution in [2.45, 2.75) is 12.6 Å². The van der Waals surface area contributed by atoms with Gasteiger partial charge in [0.2, 0.25) is 0 Å². The highest BCUT2D eigenvalue weighted by molar-refractivity contribution is 7.10. The Balaban J connectivity index is 2.74. The van der Waals surface area contributed by atoms with Gasteiger partial charge in [-0.1, -0.05) is 0 Å². The Labute approximate surface area is 94.2 Å². The first-order valence-corrected chi connectivity index (χ1v) is 5.05. The number of hydrogen-bond acceptors (Lipinski definition) is 5. The first-order chi connectivity index (χ1) is 7.35. The average Bonchev–Trinajstić information content (AvgIpc) is 2.54. The van der Waals surface area contributed by atoms with E-state index >= 15 is 0 Å². The van der Waals surface area contributed by atoms with Gasteiger partial charge in [0.1, 0.15) is 16.6 Å². The Morgan fingerprint density at radius 1 is 1.56 bits per heavy atom. The van der Waals surface area contributed by atoms with Crippen LogP contribution in [0.25, 0.3) is 0 Å². The number of rotatable bonds is 3. The minimum absolute atomic E-state index is 0.0568. The van der Waals surface area contributed by atoms with Crippen LogP contribution in [0.2, 0.25) is 0 Å². The van der Waals surface area contributed by atoms with E-state index in [1.54, 1.807) is 0 Å². The number of alkyl halides is 3. The third kappa shape index (κ3) is 3.00. The Morgan fingerprint density at radius 3 is 2.69 bits per heavy atom. The second-order valence-corrected chi connectivity index (χ2v) is 3.90. The topological polar surface area (TPSA) is 65.9 Å². The van der Waals surface area contributed by atoms with E-state index in [2.05, 4.69) is 4.37 Å². The van der Waals surface area contributed by atoms with Crippen molar-refractivity contribution >= 4 is 22.4 Å². The van der Waals surface area contributed by atoms with E-state index in [9.17, 15) is 13.2 Å². The molecule has 0 radical (unpaired) electrons. The van der Waals surface area contributed by atoms with E-state index in [4.69, 9.17) is 11.0 Å². The number of nitriles is 1. The van der Waals surface area contributed by atoms with Crippen LogP contribution in [0.3, 0.4) is 0 Å². The Hall–Kier alpha value is -1.49. The van der Waals surface area contributed by atoms with Gasteiger partial charge in [-0.15, -0.1) is 0 Å². The van der Waals surface area contributed by atoms with E-state index in [0.717, 1.165) is 11.5 Å². The molecule has 0 bridgehead atoms. The highest BCUT2D eigenvalue weighted by atomic mass is 32.1. The molecule has 0 saturated heterocycles. The second-order valence-electron chi connectivity index (χ2n) is 3.15. The quantitative estimate of drug-likeness (QED) is 0.890. The van der Waals surface area contributed by atoms with Crippen molar-refractivity contribution in [2.24, 2.45) is 0 Å². The molecule has 0 saturated carbocycles. The predicted molar refractivity (Wildman–Crippen MR) is 55.2 cm³/mol. The molecule has 0 aliphatic heterocycles. The molecule has 0 amide bonds. The molecule has 16 heavy (non-hydrogen) atoms. The summed E-state index contributed by atoms with van der Waals surface area (Å²) < 4.78 is 39.7. The monoisotopic (exact) mass is 250 g/mol. The van der Waals surface area contributed by atoms with Crippen molar-refractivity contribution in [3.05, 3.63) is 5.56 Å². The molecule has 1 rings (SSSR count). The zero-order chi connectivity index (χ0) is 12.3. The number of aromatic nitrogens is 1. The Bertz CT molecular complexity index is 406. The molecular weight excluding hydrogens is 241 g/mol. The summed E-state index contributed by atoms with van der Waals surface area (Å²) in [6.45, 7) is -0.222. The van der Waals surface area contributed by atoms with Crippen molar-refractivity contribution in [1.29, 1.82) is 5.26 Å². The molecule has 0 unspecified atom stereocenters. The summed E-state index contributed by atoms with van der Waals surface area (Å²) in [6, 6.07) is 1.82. The standard InChI is InChI=1S/C8H9F3N4S/c1-15(3-2-8(9,10)11)7-5(4-12)6(13)14-16-7/h2-3H2,1H3,(H2,13,14). The average molecular weight is 250 g/mol. The number of nitrogen functional groups attached to an aromatic ring is 1. The maximum Gasteiger partial charge on any atom is 0.390 e. The van der Waals surface area contributed by atoms with Gasteiger partial charge >= 0.3 is 6.18 Å². The number of nitrogens with two attached hydrogens (primary N) is 1. The molecule has 88 valence electrons. The molecule has 1 aromatic heterocycles. The van der Waals surface area contributed by atoms with Crippen molar-refractivity contribution < 1.29 is 13.2 Å². The predicted octanol–water partition coefficient (Wildman–Crippen LogP) is 1.99. The van der Waals surface area contributed by atoms with Crippen LogP contribution in [0.1, 0.15) is 12.0 Å². The minimum atomic E-state index is -4.21. The van der Waals surface area contributed by atoms with Gasteiger partial charge in [0.25, 0.3) is 0 Å². The lowest BCUT2D eigenvalue weighted by atomic mass is 10.3. The van der Waals surface area contributed by atoms with Crippen molar-refractivity contribution in [1.82, 2.24) is 4.37 Å². The molecule has 1 heterocycles. The summed E-state index contributed by atoms with van der Waals surface area (Å²) in [7, 11) is 1.47. The SMILES string of the molecule is CN(CCC(F)(F)F)c1snc(N)c1C#N. The van der Waals surface area contributed by atoms with E-state index in [1.807, 2.05) is 6.07 Å². The van der Waals surface area contributed by atoms with Crippen LogP contribution in [0.15, 0.2) is 0 Å². The van der Waals surface area contributed by atoms with E-state index in [1.165, 1.54) is 11.9 Å². The molecule has 1 aromatic rings. The lowest BCUT2D eigenvalue weighted by molar-refractivity contribution is -0.132. The maximum atomic E-state index is 12.0. The van der Waals surface area contributed by atoms with Gasteiger partial charge in [0.05, 0.1) is 6.42 Å². The van der Waals surface area contributed by atoms with Gasteiger partial charge in [-0.05, 0) is 11.5 Å². The summed E-state index contributed by atoms with van der Waals surface area (Å²) in [5.41, 5.74) is 5.53. The summed E-state index contributed by atoms with van der Waals surface area (Å²) >= 11 is 0.921. The van der Waals surface area contributed by atoms with Crippen molar-refractivity contribution in [2.75, 3.05) is 24.2 Å². The second kappa shape index (κ2) is 4.57. The molecule has 0 aliphatic carbocycles. The summed E-state index contributed by atoms with van der Waals surface area (Å²) in [5, 5.41) is 9.12. The first-order valence-electron chi connectivity index (χ1n) is 4.28. The third-order valence-corrected chi connectivity index (χ3v) is 2.87. The van der Waals surface area contributed by atoms with E-state index in [0.29, 0.717) is 5.00 Å². The summed E-state index contributed by atoms with van der Waals surface area (Å²) in [6.07, 6.45) is -5.15. The van der Waals surface area contributed by atoms with Gasteiger partial charge in [0, 0.05) is 13.6 Å². The fraction of sp³-hybridized carbons (Fsp3) is 0.500. The van der Waals surface area contributed by atoms with Gasteiger partial charge in [-0.3, -0.25) is 0 Å². The molecular formula is C8H9F3N4S. The highest BCUT2D eigenvalue weighted by Gasteiger charge is 2.28. The van der Waals surface area contributed by atoms with E-state index < -0.39 is 12.6 Å². The molecule has 2 N–H and O–H groups in total. The fourth-order valence-corrected chi connectivity index (χ4v) is 1.80. The zero-order valence-corrected chi connectivity index (χ0v) is 9.19. The number of hydrogen-bond donors (Lipinski definition) is 1. The summed E-state index contributed by atoms with van der Waals surface area (Å²) in [5.74, 6) is 0.0568. The van der Waals surface area contributed by atoms with Crippen LogP contribution < -0.4 is 10.6 Å². The lowest BCUT2D eigenvalue weighted by Gasteiger charge is -2.17. The van der Waals surface area contributed by atoms with Crippen molar-refractivity contribution in [3.8, 4) is 6.07 Å². The molecule has 0 spiro atoms. The highest BCUT2D eigenvalue weighted by Crippen LogP contribution is 2.30. The van der Waals surface area contributed by atoms with E-state index in [-0.39, 0.29) is 17.9 Å². The Morgan fingerprint density at radius 2 is 2.19 bits per heavy atom. The number of anilines is 2. The van der Waals surface area contributed by atoms with Crippen LogP contribution in [-0.4, -0.2) is 24.1 Å². The molecule has 0 fully saturated rings. The molecule has 0 aliphatic rings. The lowest BCUT2D eigenvalue weighted by Crippen LogP contribution is -2.23. The Kier molecular flexibility index (Phi) is 3.59. The van der Waals surface area contributed by atoms with Crippen LogP contribution in [0.5, 0.6) is 0 Å². The van der Waals surface area contributed by atoms with Gasteiger partial charge in [0.15, 0.2) is 5.82 Å². The van der Waals surface area contributed by atoms with Gasteiger partial charge in [-0.25, -0.2) is 0 Å². The minimum Gasteiger partial charge on any atom is -0.382 e. The number of nitrogens with zero attached hydrogens (tertiary/aromatic N) is 3. The first kappa shape index (κ1) is 12.6. The molecule has 0 atom stereocenters. The fourth-order valence-electron chi connectivity index (χ4n) is 1.05. The maximum absolute atomic E-state index is 12.0. The smallest absolute Gasteiger partial charge is 0.382 e. The molecule has 4 nitrogen and oxygen atoms in total. The van der Waals surface area contributed by atoms with Gasteiger partial charge < -0.3 is 10.6 Å². The van der Waals surface area contributed by atoms with Crippen LogP contribution >= 0.6 is 11.5 Å². The number of halogens is 3.